The van der Waals surface area contributed by atoms with Gasteiger partial charge in [0.05, 0.1) is 24.0 Å². The highest BCUT2D eigenvalue weighted by molar-refractivity contribution is 8.00. The Hall–Kier alpha value is -1.80. The van der Waals surface area contributed by atoms with E-state index in [-0.39, 0.29) is 22.6 Å². The molecule has 4 rings (SSSR count). The minimum Gasteiger partial charge on any atom is -0.466 e. The standard InChI is InChI=1S/C16H16N2O4S2/c19-13-9-23-15(11-3-1-7-21-11)17(13)5-6-18-14(20)10-24-16(18)12-4-2-8-22-12/h1-4,7-8,15-16H,5-6,9-10H2/t15-,16-/m1/s1. The average Bonchev–Trinajstić information content (AvgIpc) is 3.33. The van der Waals surface area contributed by atoms with Gasteiger partial charge in [-0.15, -0.1) is 23.5 Å². The molecule has 0 aliphatic carbocycles. The number of hydrogen-bond acceptors (Lipinski definition) is 6. The van der Waals surface area contributed by atoms with Gasteiger partial charge in [-0.25, -0.2) is 0 Å². The van der Waals surface area contributed by atoms with Crippen LogP contribution in [0, 0.1) is 0 Å². The lowest BCUT2D eigenvalue weighted by molar-refractivity contribution is -0.132. The van der Waals surface area contributed by atoms with E-state index in [1.807, 2.05) is 24.3 Å². The van der Waals surface area contributed by atoms with E-state index < -0.39 is 0 Å². The summed E-state index contributed by atoms with van der Waals surface area (Å²) in [6.45, 7) is 0.974. The van der Waals surface area contributed by atoms with Gasteiger partial charge >= 0.3 is 0 Å². The van der Waals surface area contributed by atoms with E-state index in [9.17, 15) is 9.59 Å². The molecular formula is C16H16N2O4S2. The van der Waals surface area contributed by atoms with Gasteiger partial charge in [0.25, 0.3) is 0 Å². The second-order valence-electron chi connectivity index (χ2n) is 5.53. The molecule has 2 fully saturated rings. The van der Waals surface area contributed by atoms with Crippen LogP contribution in [0.2, 0.25) is 0 Å². The molecule has 126 valence electrons. The topological polar surface area (TPSA) is 66.9 Å². The molecule has 0 saturated carbocycles. The summed E-state index contributed by atoms with van der Waals surface area (Å²) in [5.74, 6) is 2.59. The third-order valence-electron chi connectivity index (χ3n) is 4.09. The van der Waals surface area contributed by atoms with E-state index in [0.29, 0.717) is 24.6 Å². The number of carbonyl (C=O) groups is 2. The molecule has 2 saturated heterocycles. The summed E-state index contributed by atoms with van der Waals surface area (Å²) in [4.78, 5) is 28.0. The van der Waals surface area contributed by atoms with E-state index in [1.54, 1.807) is 45.8 Å². The fourth-order valence-electron chi connectivity index (χ4n) is 2.94. The van der Waals surface area contributed by atoms with Crippen LogP contribution in [-0.2, 0) is 9.59 Å². The Labute approximate surface area is 147 Å². The first-order chi connectivity index (χ1) is 11.7. The van der Waals surface area contributed by atoms with Crippen LogP contribution in [0.5, 0.6) is 0 Å². The van der Waals surface area contributed by atoms with Gasteiger partial charge in [0, 0.05) is 13.1 Å². The zero-order valence-corrected chi connectivity index (χ0v) is 14.4. The summed E-state index contributed by atoms with van der Waals surface area (Å²) < 4.78 is 10.9. The predicted molar refractivity (Wildman–Crippen MR) is 91.2 cm³/mol. The second kappa shape index (κ2) is 6.60. The zero-order chi connectivity index (χ0) is 16.5. The molecule has 24 heavy (non-hydrogen) atoms. The first kappa shape index (κ1) is 15.7. The SMILES string of the molecule is O=C1CS[C@H](c2ccco2)N1CCN1C(=O)CS[C@@H]1c1ccco1. The quantitative estimate of drug-likeness (QED) is 0.813. The lowest BCUT2D eigenvalue weighted by atomic mass is 10.3. The molecule has 0 N–H and O–H groups in total. The van der Waals surface area contributed by atoms with Crippen molar-refractivity contribution in [2.75, 3.05) is 24.6 Å². The summed E-state index contributed by atoms with van der Waals surface area (Å²) in [6, 6.07) is 7.41. The Bertz CT molecular complexity index is 654. The Kier molecular flexibility index (Phi) is 4.32. The number of nitrogens with zero attached hydrogens (tertiary/aromatic N) is 2. The van der Waals surface area contributed by atoms with Gasteiger partial charge in [0.1, 0.15) is 22.3 Å². The number of rotatable bonds is 5. The Morgan fingerprint density at radius 2 is 1.33 bits per heavy atom. The van der Waals surface area contributed by atoms with Gasteiger partial charge in [-0.05, 0) is 24.3 Å². The van der Waals surface area contributed by atoms with E-state index >= 15 is 0 Å². The van der Waals surface area contributed by atoms with Crippen molar-refractivity contribution in [1.82, 2.24) is 9.80 Å². The van der Waals surface area contributed by atoms with Crippen molar-refractivity contribution >= 4 is 35.3 Å². The maximum atomic E-state index is 12.2. The van der Waals surface area contributed by atoms with Gasteiger partial charge < -0.3 is 18.6 Å². The molecular weight excluding hydrogens is 348 g/mol. The van der Waals surface area contributed by atoms with Crippen LogP contribution >= 0.6 is 23.5 Å². The van der Waals surface area contributed by atoms with E-state index in [0.717, 1.165) is 11.5 Å². The summed E-state index contributed by atoms with van der Waals surface area (Å²) in [7, 11) is 0. The van der Waals surface area contributed by atoms with Gasteiger partial charge in [0.2, 0.25) is 11.8 Å². The predicted octanol–water partition coefficient (Wildman–Crippen LogP) is 2.72. The second-order valence-corrected chi connectivity index (χ2v) is 7.67. The first-order valence-corrected chi connectivity index (χ1v) is 9.73. The number of thioether (sulfide) groups is 2. The normalized spacial score (nSPS) is 24.3. The molecule has 2 aliphatic rings. The zero-order valence-electron chi connectivity index (χ0n) is 12.8. The van der Waals surface area contributed by atoms with Crippen LogP contribution < -0.4 is 0 Å². The van der Waals surface area contributed by atoms with Crippen molar-refractivity contribution < 1.29 is 18.4 Å². The fraction of sp³-hybridized carbons (Fsp3) is 0.375. The molecule has 0 bridgehead atoms. The van der Waals surface area contributed by atoms with Gasteiger partial charge in [-0.1, -0.05) is 0 Å². The maximum absolute atomic E-state index is 12.2. The molecule has 2 amide bonds. The molecule has 8 heteroatoms. The van der Waals surface area contributed by atoms with Crippen molar-refractivity contribution in [1.29, 1.82) is 0 Å². The van der Waals surface area contributed by atoms with Crippen molar-refractivity contribution in [3.8, 4) is 0 Å². The third-order valence-corrected chi connectivity index (χ3v) is 6.52. The number of amides is 2. The Balaban J connectivity index is 1.46. The van der Waals surface area contributed by atoms with Crippen LogP contribution in [0.15, 0.2) is 45.6 Å². The molecule has 2 aliphatic heterocycles. The van der Waals surface area contributed by atoms with Crippen molar-refractivity contribution in [3.05, 3.63) is 48.3 Å². The van der Waals surface area contributed by atoms with E-state index in [4.69, 9.17) is 8.83 Å². The molecule has 2 aromatic rings. The minimum atomic E-state index is -0.111. The van der Waals surface area contributed by atoms with Crippen LogP contribution in [0.3, 0.4) is 0 Å². The molecule has 0 spiro atoms. The van der Waals surface area contributed by atoms with Crippen LogP contribution in [-0.4, -0.2) is 46.2 Å². The molecule has 4 heterocycles. The van der Waals surface area contributed by atoms with Gasteiger partial charge in [-0.2, -0.15) is 0 Å². The van der Waals surface area contributed by atoms with Gasteiger partial charge in [0.15, 0.2) is 0 Å². The largest absolute Gasteiger partial charge is 0.466 e. The van der Waals surface area contributed by atoms with Crippen molar-refractivity contribution in [2.45, 2.75) is 10.7 Å². The Morgan fingerprint density at radius 3 is 1.71 bits per heavy atom. The Morgan fingerprint density at radius 1 is 0.875 bits per heavy atom. The summed E-state index contributed by atoms with van der Waals surface area (Å²) in [5.41, 5.74) is 0. The average molecular weight is 364 g/mol. The lowest BCUT2D eigenvalue weighted by Crippen LogP contribution is -2.38. The smallest absolute Gasteiger partial charge is 0.233 e. The summed E-state index contributed by atoms with van der Waals surface area (Å²) in [5, 5.41) is -0.222. The molecule has 0 unspecified atom stereocenters. The molecule has 6 nitrogen and oxygen atoms in total. The molecule has 2 aromatic heterocycles. The van der Waals surface area contributed by atoms with Crippen molar-refractivity contribution in [3.63, 3.8) is 0 Å². The highest BCUT2D eigenvalue weighted by Gasteiger charge is 2.38. The van der Waals surface area contributed by atoms with Gasteiger partial charge in [-0.3, -0.25) is 9.59 Å². The number of carbonyl (C=O) groups excluding carboxylic acids is 2. The number of hydrogen-bond donors (Lipinski definition) is 0. The highest BCUT2D eigenvalue weighted by atomic mass is 32.2. The molecule has 0 radical (unpaired) electrons. The minimum absolute atomic E-state index is 0.0789. The summed E-state index contributed by atoms with van der Waals surface area (Å²) >= 11 is 3.11. The highest BCUT2D eigenvalue weighted by Crippen LogP contribution is 2.41. The lowest BCUT2D eigenvalue weighted by Gasteiger charge is -2.27. The van der Waals surface area contributed by atoms with Crippen LogP contribution in [0.25, 0.3) is 0 Å². The molecule has 2 atom stereocenters. The van der Waals surface area contributed by atoms with Crippen molar-refractivity contribution in [2.24, 2.45) is 0 Å². The van der Waals surface area contributed by atoms with E-state index in [2.05, 4.69) is 0 Å². The first-order valence-electron chi connectivity index (χ1n) is 7.63. The van der Waals surface area contributed by atoms with Crippen LogP contribution in [0.1, 0.15) is 22.3 Å². The maximum Gasteiger partial charge on any atom is 0.233 e. The monoisotopic (exact) mass is 364 g/mol. The van der Waals surface area contributed by atoms with E-state index in [1.165, 1.54) is 0 Å². The fourth-order valence-corrected chi connectivity index (χ4v) is 5.28. The summed E-state index contributed by atoms with van der Waals surface area (Å²) in [6.07, 6.45) is 3.23. The number of furan rings is 2. The molecule has 0 aromatic carbocycles. The van der Waals surface area contributed by atoms with Crippen LogP contribution in [0.4, 0.5) is 0 Å². The third kappa shape index (κ3) is 2.84.